The smallest absolute Gasteiger partial charge is 0.462 e. The number of rotatable bonds is 50. The third-order valence-electron chi connectivity index (χ3n) is 11.4. The molecule has 0 spiro atoms. The fourth-order valence-electron chi connectivity index (χ4n) is 7.28. The normalized spacial score (nSPS) is 13.9. The van der Waals surface area contributed by atoms with E-state index in [9.17, 15) is 28.9 Å². The molecule has 12 heteroatoms. The van der Waals surface area contributed by atoms with Gasteiger partial charge in [-0.1, -0.05) is 197 Å². The highest BCUT2D eigenvalue weighted by atomic mass is 31.2. The molecule has 0 saturated heterocycles. The summed E-state index contributed by atoms with van der Waals surface area (Å²) in [4.78, 5) is 48.4. The second kappa shape index (κ2) is 50.6. The lowest BCUT2D eigenvalue weighted by Gasteiger charge is -2.21. The first-order valence-corrected chi connectivity index (χ1v) is 28.7. The first-order chi connectivity index (χ1) is 33.2. The molecule has 0 radical (unpaired) electrons. The lowest BCUT2D eigenvalue weighted by atomic mass is 10.0. The van der Waals surface area contributed by atoms with E-state index in [2.05, 4.69) is 81.5 Å². The van der Waals surface area contributed by atoms with Crippen LogP contribution in [0.2, 0.25) is 0 Å². The van der Waals surface area contributed by atoms with Crippen LogP contribution >= 0.6 is 7.82 Å². The van der Waals surface area contributed by atoms with Gasteiger partial charge in [0.1, 0.15) is 12.7 Å². The Morgan fingerprint density at radius 2 is 0.765 bits per heavy atom. The average molecular weight is 979 g/mol. The molecule has 0 aromatic carbocycles. The molecule has 0 aliphatic carbocycles. The van der Waals surface area contributed by atoms with Crippen LogP contribution in [0.5, 0.6) is 0 Å². The monoisotopic (exact) mass is 979 g/mol. The summed E-state index contributed by atoms with van der Waals surface area (Å²) in [5.41, 5.74) is 0. The summed E-state index contributed by atoms with van der Waals surface area (Å²) in [6, 6.07) is 0. The highest BCUT2D eigenvalue weighted by Crippen LogP contribution is 2.43. The Labute approximate surface area is 415 Å². The molecule has 68 heavy (non-hydrogen) atoms. The van der Waals surface area contributed by atoms with Crippen molar-refractivity contribution in [3.05, 3.63) is 60.8 Å². The third-order valence-corrected chi connectivity index (χ3v) is 12.4. The minimum atomic E-state index is -4.75. The van der Waals surface area contributed by atoms with Crippen LogP contribution in [0.15, 0.2) is 60.8 Å². The molecule has 11 nitrogen and oxygen atoms in total. The number of hydrogen-bond donors (Lipinski definition) is 2. The summed E-state index contributed by atoms with van der Waals surface area (Å²) in [5, 5.41) is 9.78. The number of unbranched alkanes of at least 4 members (excludes halogenated alkanes) is 23. The van der Waals surface area contributed by atoms with Crippen molar-refractivity contribution in [1.29, 1.82) is 0 Å². The van der Waals surface area contributed by atoms with E-state index in [0.717, 1.165) is 96.3 Å². The van der Waals surface area contributed by atoms with Crippen LogP contribution in [-0.4, -0.2) is 66.5 Å². The third kappa shape index (κ3) is 48.2. The highest BCUT2D eigenvalue weighted by molar-refractivity contribution is 7.47. The summed E-state index contributed by atoms with van der Waals surface area (Å²) in [5.74, 6) is -1.52. The number of esters is 3. The molecule has 0 aromatic heterocycles. The maximum absolute atomic E-state index is 12.9. The molecular weight excluding hydrogens is 880 g/mol. The van der Waals surface area contributed by atoms with Gasteiger partial charge in [-0.15, -0.1) is 0 Å². The Kier molecular flexibility index (Phi) is 48.5. The Morgan fingerprint density at radius 1 is 0.426 bits per heavy atom. The van der Waals surface area contributed by atoms with Crippen molar-refractivity contribution in [3.63, 3.8) is 0 Å². The van der Waals surface area contributed by atoms with E-state index in [4.69, 9.17) is 23.3 Å². The van der Waals surface area contributed by atoms with Gasteiger partial charge in [0.05, 0.1) is 19.8 Å². The predicted octanol–water partition coefficient (Wildman–Crippen LogP) is 15.6. The summed E-state index contributed by atoms with van der Waals surface area (Å²) < 4.78 is 39.4. The molecule has 394 valence electrons. The van der Waals surface area contributed by atoms with E-state index in [1.54, 1.807) is 0 Å². The fourth-order valence-corrected chi connectivity index (χ4v) is 8.07. The molecule has 0 aliphatic rings. The van der Waals surface area contributed by atoms with Crippen molar-refractivity contribution in [2.24, 2.45) is 0 Å². The average Bonchev–Trinajstić information content (AvgIpc) is 3.32. The number of phosphoric ester groups is 1. The Balaban J connectivity index is 4.79. The van der Waals surface area contributed by atoms with Crippen molar-refractivity contribution in [2.75, 3.05) is 26.4 Å². The molecule has 0 aromatic rings. The standard InChI is InChI=1S/C56H99O11P/c1-4-7-10-13-16-19-22-25-26-29-32-35-38-41-44-47-56(60)67-53(49-63-54(58)45-42-39-36-33-30-27-23-20-17-14-11-8-5-2)51-65-68(61,62)64-50-52(48-57)66-55(59)46-43-40-37-34-31-28-24-21-18-15-12-9-6-3/h7,10,16,19,21,24-26,32,35,52-53,57H,4-6,8-9,11-15,17-18,20,22-23,27-31,33-34,36-51H2,1-3H3,(H,61,62)/b10-7-,19-16-,24-21-,26-25-,35-32-. The van der Waals surface area contributed by atoms with Crippen molar-refractivity contribution in [1.82, 2.24) is 0 Å². The quantitative estimate of drug-likeness (QED) is 0.0197. The van der Waals surface area contributed by atoms with Crippen molar-refractivity contribution in [3.8, 4) is 0 Å². The molecule has 0 rings (SSSR count). The maximum atomic E-state index is 12.9. The van der Waals surface area contributed by atoms with Gasteiger partial charge in [0.15, 0.2) is 6.10 Å². The molecule has 0 fully saturated rings. The van der Waals surface area contributed by atoms with Crippen molar-refractivity contribution in [2.45, 2.75) is 251 Å². The number of carbonyl (C=O) groups excluding carboxylic acids is 3. The predicted molar refractivity (Wildman–Crippen MR) is 279 cm³/mol. The highest BCUT2D eigenvalue weighted by Gasteiger charge is 2.28. The number of aliphatic hydroxyl groups is 1. The van der Waals surface area contributed by atoms with Crippen LogP contribution in [0.25, 0.3) is 0 Å². The molecule has 0 amide bonds. The number of phosphoric acid groups is 1. The number of allylic oxidation sites excluding steroid dienone is 10. The van der Waals surface area contributed by atoms with E-state index in [-0.39, 0.29) is 25.9 Å². The van der Waals surface area contributed by atoms with E-state index in [0.29, 0.717) is 19.3 Å². The Morgan fingerprint density at radius 3 is 1.24 bits per heavy atom. The van der Waals surface area contributed by atoms with E-state index in [1.165, 1.54) is 83.5 Å². The summed E-state index contributed by atoms with van der Waals surface area (Å²) >= 11 is 0. The van der Waals surface area contributed by atoms with Gasteiger partial charge < -0.3 is 24.2 Å². The molecule has 0 saturated carbocycles. The lowest BCUT2D eigenvalue weighted by molar-refractivity contribution is -0.161. The minimum absolute atomic E-state index is 0.116. The zero-order valence-corrected chi connectivity index (χ0v) is 44.2. The molecule has 0 heterocycles. The van der Waals surface area contributed by atoms with Gasteiger partial charge in [0, 0.05) is 19.3 Å². The zero-order valence-electron chi connectivity index (χ0n) is 43.3. The summed E-state index contributed by atoms with van der Waals surface area (Å²) in [6.45, 7) is 4.46. The first-order valence-electron chi connectivity index (χ1n) is 27.2. The van der Waals surface area contributed by atoms with Gasteiger partial charge >= 0.3 is 25.7 Å². The second-order valence-corrected chi connectivity index (χ2v) is 19.5. The number of aliphatic hydroxyl groups excluding tert-OH is 1. The van der Waals surface area contributed by atoms with Crippen LogP contribution in [0.3, 0.4) is 0 Å². The Hall–Kier alpha value is -2.82. The van der Waals surface area contributed by atoms with E-state index < -0.39 is 57.8 Å². The minimum Gasteiger partial charge on any atom is -0.462 e. The van der Waals surface area contributed by atoms with Crippen LogP contribution < -0.4 is 0 Å². The molecular formula is C56H99O11P. The van der Waals surface area contributed by atoms with Gasteiger partial charge in [0.25, 0.3) is 0 Å². The number of hydrogen-bond acceptors (Lipinski definition) is 10. The fraction of sp³-hybridized carbons (Fsp3) is 0.768. The zero-order chi connectivity index (χ0) is 49.9. The molecule has 0 bridgehead atoms. The van der Waals surface area contributed by atoms with Gasteiger partial charge in [-0.05, 0) is 83.5 Å². The SMILES string of the molecule is CC/C=C\C/C=C\C/C=C\C/C=C\CCCCC(=O)OC(COC(=O)CCCCCCCCCCCCCCC)COP(=O)(O)OCC(CO)OC(=O)CCCCCCC/C=C\CCCCCC. The summed E-state index contributed by atoms with van der Waals surface area (Å²) in [6.07, 6.45) is 53.3. The lowest BCUT2D eigenvalue weighted by Crippen LogP contribution is -2.30. The van der Waals surface area contributed by atoms with Crippen LogP contribution in [0, 0.1) is 0 Å². The summed E-state index contributed by atoms with van der Waals surface area (Å²) in [7, 11) is -4.75. The van der Waals surface area contributed by atoms with E-state index in [1.807, 2.05) is 0 Å². The molecule has 2 N–H and O–H groups in total. The topological polar surface area (TPSA) is 155 Å². The van der Waals surface area contributed by atoms with Crippen LogP contribution in [0.4, 0.5) is 0 Å². The molecule has 3 atom stereocenters. The van der Waals surface area contributed by atoms with Crippen molar-refractivity contribution >= 4 is 25.7 Å². The van der Waals surface area contributed by atoms with Gasteiger partial charge in [-0.2, -0.15) is 0 Å². The first kappa shape index (κ1) is 65.2. The van der Waals surface area contributed by atoms with Gasteiger partial charge in [0.2, 0.25) is 0 Å². The van der Waals surface area contributed by atoms with Crippen LogP contribution in [0.1, 0.15) is 239 Å². The maximum Gasteiger partial charge on any atom is 0.472 e. The number of ether oxygens (including phenoxy) is 3. The second-order valence-electron chi connectivity index (χ2n) is 18.0. The molecule has 3 unspecified atom stereocenters. The Bertz CT molecular complexity index is 1370. The van der Waals surface area contributed by atoms with E-state index >= 15 is 0 Å². The largest absolute Gasteiger partial charge is 0.472 e. The van der Waals surface area contributed by atoms with Crippen molar-refractivity contribution < 1.29 is 52.2 Å². The molecule has 0 aliphatic heterocycles. The van der Waals surface area contributed by atoms with Gasteiger partial charge in [-0.3, -0.25) is 23.4 Å². The van der Waals surface area contributed by atoms with Crippen LogP contribution in [-0.2, 0) is 42.2 Å². The van der Waals surface area contributed by atoms with Gasteiger partial charge in [-0.25, -0.2) is 4.57 Å². The number of carbonyl (C=O) groups is 3.